The molecule has 1 aromatic carbocycles. The number of unbranched alkanes of at least 4 members (excludes halogenated alkanes) is 4. The maximum Gasteiger partial charge on any atom is 0.0568 e. The molecule has 0 radical (unpaired) electrons. The fraction of sp³-hybridized carbons (Fsp3) is 0.591. The van der Waals surface area contributed by atoms with Gasteiger partial charge in [-0.3, -0.25) is 4.68 Å². The van der Waals surface area contributed by atoms with Crippen molar-refractivity contribution < 1.29 is 0 Å². The van der Waals surface area contributed by atoms with E-state index < -0.39 is 0 Å². The maximum absolute atomic E-state index is 4.24. The van der Waals surface area contributed by atoms with Crippen molar-refractivity contribution in [3.63, 3.8) is 0 Å². The van der Waals surface area contributed by atoms with Crippen molar-refractivity contribution in [3.8, 4) is 11.1 Å². The van der Waals surface area contributed by atoms with Gasteiger partial charge < -0.3 is 4.90 Å². The van der Waals surface area contributed by atoms with E-state index in [0.29, 0.717) is 0 Å². The number of hydrogen-bond donors (Lipinski definition) is 0. The summed E-state index contributed by atoms with van der Waals surface area (Å²) < 4.78 is 1.85. The fourth-order valence-corrected chi connectivity index (χ4v) is 3.55. The van der Waals surface area contributed by atoms with Gasteiger partial charge in [-0.25, -0.2) is 0 Å². The molecule has 1 aromatic heterocycles. The number of hydrogen-bond acceptors (Lipinski definition) is 2. The van der Waals surface area contributed by atoms with Gasteiger partial charge in [-0.15, -0.1) is 0 Å². The number of aryl methyl sites for hydroxylation is 1. The number of aromatic nitrogens is 2. The lowest BCUT2D eigenvalue weighted by Crippen LogP contribution is -2.30. The van der Waals surface area contributed by atoms with Crippen LogP contribution in [0.2, 0.25) is 0 Å². The minimum atomic E-state index is 0.728. The van der Waals surface area contributed by atoms with Crippen LogP contribution in [-0.2, 0) is 13.5 Å². The highest BCUT2D eigenvalue weighted by Gasteiger charge is 2.19. The number of rotatable bonds is 5. The molecule has 3 rings (SSSR count). The summed E-state index contributed by atoms with van der Waals surface area (Å²) in [5.74, 6) is 0.728. The number of nitrogens with zero attached hydrogens (tertiary/aromatic N) is 3. The molecular weight excluding hydrogens is 306 g/mol. The highest BCUT2D eigenvalue weighted by molar-refractivity contribution is 5.68. The first kappa shape index (κ1) is 19.6. The molecule has 0 fully saturated rings. The van der Waals surface area contributed by atoms with Crippen LogP contribution in [0.5, 0.6) is 0 Å². The number of fused-ring (bicyclic) bond motifs is 1. The standard InChI is InChI=1S/C15H19N3.C7H16/c1-11-6-13-7-12(14-8-16-18(3)10-14)4-5-15(13)17(2)9-11;1-3-5-7-6-4-2/h4-5,7-8,10-11H,6,9H2,1-3H3;3-7H2,1-2H3. The van der Waals surface area contributed by atoms with Gasteiger partial charge >= 0.3 is 0 Å². The van der Waals surface area contributed by atoms with Crippen molar-refractivity contribution in [2.24, 2.45) is 13.0 Å². The van der Waals surface area contributed by atoms with E-state index in [-0.39, 0.29) is 0 Å². The van der Waals surface area contributed by atoms with Crippen LogP contribution >= 0.6 is 0 Å². The first-order valence-electron chi connectivity index (χ1n) is 9.88. The van der Waals surface area contributed by atoms with Crippen LogP contribution in [0, 0.1) is 5.92 Å². The molecule has 1 atom stereocenters. The molecule has 0 spiro atoms. The molecule has 0 bridgehead atoms. The van der Waals surface area contributed by atoms with Crippen molar-refractivity contribution in [3.05, 3.63) is 36.2 Å². The zero-order chi connectivity index (χ0) is 18.2. The zero-order valence-electron chi connectivity index (χ0n) is 16.8. The number of anilines is 1. The summed E-state index contributed by atoms with van der Waals surface area (Å²) in [7, 11) is 4.13. The van der Waals surface area contributed by atoms with Crippen LogP contribution in [0.1, 0.15) is 58.4 Å². The average molecular weight is 342 g/mol. The molecule has 0 saturated heterocycles. The van der Waals surface area contributed by atoms with Gasteiger partial charge in [-0.1, -0.05) is 58.9 Å². The Bertz CT molecular complexity index is 640. The second-order valence-corrected chi connectivity index (χ2v) is 7.50. The van der Waals surface area contributed by atoms with Crippen LogP contribution in [-0.4, -0.2) is 23.4 Å². The molecule has 0 saturated carbocycles. The van der Waals surface area contributed by atoms with Crippen LogP contribution in [0.3, 0.4) is 0 Å². The van der Waals surface area contributed by atoms with E-state index in [1.54, 1.807) is 0 Å². The average Bonchev–Trinajstić information content (AvgIpc) is 3.02. The largest absolute Gasteiger partial charge is 0.374 e. The third-order valence-electron chi connectivity index (χ3n) is 4.89. The molecule has 3 nitrogen and oxygen atoms in total. The van der Waals surface area contributed by atoms with Crippen molar-refractivity contribution in [2.75, 3.05) is 18.5 Å². The first-order valence-corrected chi connectivity index (χ1v) is 9.88. The van der Waals surface area contributed by atoms with E-state index >= 15 is 0 Å². The smallest absolute Gasteiger partial charge is 0.0568 e. The molecule has 1 aliphatic rings. The highest BCUT2D eigenvalue weighted by atomic mass is 15.2. The Labute approximate surface area is 154 Å². The molecule has 2 aromatic rings. The van der Waals surface area contributed by atoms with Crippen LogP contribution in [0.15, 0.2) is 30.6 Å². The van der Waals surface area contributed by atoms with Gasteiger partial charge in [0, 0.05) is 38.1 Å². The molecule has 0 N–H and O–H groups in total. The summed E-state index contributed by atoms with van der Waals surface area (Å²) in [6.07, 6.45) is 12.2. The third kappa shape index (κ3) is 5.62. The molecule has 138 valence electrons. The summed E-state index contributed by atoms with van der Waals surface area (Å²) in [6.45, 7) is 7.96. The van der Waals surface area contributed by atoms with Gasteiger partial charge in [0.2, 0.25) is 0 Å². The van der Waals surface area contributed by atoms with Gasteiger partial charge in [0.15, 0.2) is 0 Å². The first-order chi connectivity index (χ1) is 12.0. The summed E-state index contributed by atoms with van der Waals surface area (Å²) in [5.41, 5.74) is 5.30. The van der Waals surface area contributed by atoms with E-state index in [4.69, 9.17) is 0 Å². The van der Waals surface area contributed by atoms with Gasteiger partial charge in [-0.05, 0) is 35.6 Å². The predicted octanol–water partition coefficient (Wildman–Crippen LogP) is 5.69. The summed E-state index contributed by atoms with van der Waals surface area (Å²) in [6, 6.07) is 6.75. The second kappa shape index (κ2) is 9.65. The lowest BCUT2D eigenvalue weighted by Gasteiger charge is -2.32. The van der Waals surface area contributed by atoms with Crippen molar-refractivity contribution in [1.82, 2.24) is 9.78 Å². The van der Waals surface area contributed by atoms with E-state index in [1.807, 2.05) is 17.9 Å². The molecule has 25 heavy (non-hydrogen) atoms. The Morgan fingerprint density at radius 3 is 2.36 bits per heavy atom. The third-order valence-corrected chi connectivity index (χ3v) is 4.89. The van der Waals surface area contributed by atoms with E-state index in [9.17, 15) is 0 Å². The van der Waals surface area contributed by atoms with E-state index in [0.717, 1.165) is 12.5 Å². The fourth-order valence-electron chi connectivity index (χ4n) is 3.55. The topological polar surface area (TPSA) is 21.1 Å². The summed E-state index contributed by atoms with van der Waals surface area (Å²) in [5, 5.41) is 4.24. The Balaban J connectivity index is 0.000000277. The van der Waals surface area contributed by atoms with Crippen molar-refractivity contribution in [1.29, 1.82) is 0 Å². The SMILES string of the molecule is CC1Cc2cc(-c3cnn(C)c3)ccc2N(C)C1.CCCCCCC. The second-order valence-electron chi connectivity index (χ2n) is 7.50. The molecule has 2 heterocycles. The summed E-state index contributed by atoms with van der Waals surface area (Å²) >= 11 is 0. The van der Waals surface area contributed by atoms with Crippen molar-refractivity contribution in [2.45, 2.75) is 59.3 Å². The molecule has 1 aliphatic heterocycles. The van der Waals surface area contributed by atoms with E-state index in [2.05, 4.69) is 62.2 Å². The van der Waals surface area contributed by atoms with Crippen LogP contribution in [0.4, 0.5) is 5.69 Å². The normalized spacial score (nSPS) is 16.2. The Hall–Kier alpha value is -1.77. The zero-order valence-corrected chi connectivity index (χ0v) is 16.8. The van der Waals surface area contributed by atoms with E-state index in [1.165, 1.54) is 60.9 Å². The Kier molecular flexibility index (Phi) is 7.54. The molecular formula is C22H35N3. The van der Waals surface area contributed by atoms with Gasteiger partial charge in [0.05, 0.1) is 6.20 Å². The molecule has 0 aliphatic carbocycles. The van der Waals surface area contributed by atoms with Gasteiger partial charge in [0.25, 0.3) is 0 Å². The van der Waals surface area contributed by atoms with Crippen LogP contribution in [0.25, 0.3) is 11.1 Å². The lowest BCUT2D eigenvalue weighted by molar-refractivity contribution is 0.552. The molecule has 0 amide bonds. The van der Waals surface area contributed by atoms with Gasteiger partial charge in [0.1, 0.15) is 0 Å². The lowest BCUT2D eigenvalue weighted by atomic mass is 9.92. The minimum absolute atomic E-state index is 0.728. The van der Waals surface area contributed by atoms with Crippen molar-refractivity contribution >= 4 is 5.69 Å². The monoisotopic (exact) mass is 341 g/mol. The van der Waals surface area contributed by atoms with Gasteiger partial charge in [-0.2, -0.15) is 5.10 Å². The Morgan fingerprint density at radius 2 is 1.76 bits per heavy atom. The molecule has 3 heteroatoms. The highest BCUT2D eigenvalue weighted by Crippen LogP contribution is 2.32. The minimum Gasteiger partial charge on any atom is -0.374 e. The maximum atomic E-state index is 4.24. The quantitative estimate of drug-likeness (QED) is 0.651. The number of benzene rings is 1. The predicted molar refractivity (Wildman–Crippen MR) is 109 cm³/mol. The summed E-state index contributed by atoms with van der Waals surface area (Å²) in [4.78, 5) is 2.36. The molecule has 1 unspecified atom stereocenters. The Morgan fingerprint density at radius 1 is 1.04 bits per heavy atom. The van der Waals surface area contributed by atoms with Crippen LogP contribution < -0.4 is 4.90 Å².